The van der Waals surface area contributed by atoms with Crippen LogP contribution in [0.1, 0.15) is 11.1 Å². The third-order valence-corrected chi connectivity index (χ3v) is 6.20. The van der Waals surface area contributed by atoms with Crippen LogP contribution < -0.4 is 4.74 Å². The highest BCUT2D eigenvalue weighted by molar-refractivity contribution is 9.10. The van der Waals surface area contributed by atoms with Crippen molar-refractivity contribution in [3.05, 3.63) is 81.5 Å². The van der Waals surface area contributed by atoms with Crippen molar-refractivity contribution in [2.75, 3.05) is 0 Å². The lowest BCUT2D eigenvalue weighted by Gasteiger charge is -2.12. The largest absolute Gasteiger partial charge is 0.472 e. The number of halogens is 5. The Morgan fingerprint density at radius 3 is 2.55 bits per heavy atom. The van der Waals surface area contributed by atoms with E-state index in [-0.39, 0.29) is 12.2 Å². The SMILES string of the molecule is Fc1ccc(-c2csc3c(Br)cnc(OCc4ccccc4)c23)cc1C(F)(F)F. The molecule has 2 heterocycles. The van der Waals surface area contributed by atoms with E-state index in [1.165, 1.54) is 17.4 Å². The Bertz CT molecular complexity index is 1170. The van der Waals surface area contributed by atoms with E-state index in [9.17, 15) is 17.6 Å². The lowest BCUT2D eigenvalue weighted by atomic mass is 10.0. The van der Waals surface area contributed by atoms with Gasteiger partial charge in [-0.2, -0.15) is 13.2 Å². The summed E-state index contributed by atoms with van der Waals surface area (Å²) in [6.45, 7) is 0.261. The lowest BCUT2D eigenvalue weighted by Crippen LogP contribution is -2.08. The molecular formula is C21H12BrF4NOS. The zero-order chi connectivity index (χ0) is 20.6. The van der Waals surface area contributed by atoms with Gasteiger partial charge in [0, 0.05) is 17.1 Å². The summed E-state index contributed by atoms with van der Waals surface area (Å²) in [5.41, 5.74) is 0.383. The van der Waals surface area contributed by atoms with Gasteiger partial charge in [0.05, 0.1) is 20.1 Å². The summed E-state index contributed by atoms with van der Waals surface area (Å²) in [7, 11) is 0. The van der Waals surface area contributed by atoms with Crippen LogP contribution in [0.15, 0.2) is 64.6 Å². The Labute approximate surface area is 175 Å². The number of nitrogens with zero attached hydrogens (tertiary/aromatic N) is 1. The Morgan fingerprint density at radius 1 is 1.07 bits per heavy atom. The molecule has 0 saturated heterocycles. The molecule has 4 rings (SSSR count). The van der Waals surface area contributed by atoms with Gasteiger partial charge < -0.3 is 4.74 Å². The van der Waals surface area contributed by atoms with Crippen molar-refractivity contribution in [2.45, 2.75) is 12.8 Å². The van der Waals surface area contributed by atoms with Crippen LogP contribution in [0.4, 0.5) is 17.6 Å². The molecule has 0 fully saturated rings. The van der Waals surface area contributed by atoms with Crippen LogP contribution in [-0.2, 0) is 12.8 Å². The average molecular weight is 482 g/mol. The number of fused-ring (bicyclic) bond motifs is 1. The van der Waals surface area contributed by atoms with Gasteiger partial charge >= 0.3 is 6.18 Å². The minimum atomic E-state index is -4.78. The van der Waals surface area contributed by atoms with Crippen molar-refractivity contribution in [3.8, 4) is 17.0 Å². The van der Waals surface area contributed by atoms with Crippen LogP contribution in [0.5, 0.6) is 5.88 Å². The summed E-state index contributed by atoms with van der Waals surface area (Å²) in [6, 6.07) is 12.4. The second-order valence-electron chi connectivity index (χ2n) is 6.23. The van der Waals surface area contributed by atoms with Gasteiger partial charge in [-0.15, -0.1) is 11.3 Å². The van der Waals surface area contributed by atoms with Gasteiger partial charge in [-0.05, 0) is 39.2 Å². The predicted molar refractivity (Wildman–Crippen MR) is 108 cm³/mol. The predicted octanol–water partition coefficient (Wildman–Crippen LogP) is 7.46. The molecule has 0 aliphatic heterocycles. The summed E-state index contributed by atoms with van der Waals surface area (Å²) in [4.78, 5) is 4.31. The molecule has 0 aliphatic carbocycles. The first-order valence-corrected chi connectivity index (χ1v) is 10.1. The van der Waals surface area contributed by atoms with E-state index in [0.29, 0.717) is 21.3 Å². The lowest BCUT2D eigenvalue weighted by molar-refractivity contribution is -0.139. The first-order chi connectivity index (χ1) is 13.8. The van der Waals surface area contributed by atoms with Gasteiger partial charge in [0.1, 0.15) is 12.4 Å². The molecule has 0 spiro atoms. The number of aromatic nitrogens is 1. The fourth-order valence-corrected chi connectivity index (χ4v) is 4.49. The first-order valence-electron chi connectivity index (χ1n) is 8.44. The van der Waals surface area contributed by atoms with Crippen LogP contribution in [0, 0.1) is 5.82 Å². The molecule has 0 atom stereocenters. The van der Waals surface area contributed by atoms with E-state index < -0.39 is 17.6 Å². The molecule has 0 unspecified atom stereocenters. The number of alkyl halides is 3. The minimum Gasteiger partial charge on any atom is -0.472 e. The van der Waals surface area contributed by atoms with E-state index in [4.69, 9.17) is 4.74 Å². The third kappa shape index (κ3) is 4.00. The summed E-state index contributed by atoms with van der Waals surface area (Å²) in [6.07, 6.45) is -3.19. The number of hydrogen-bond donors (Lipinski definition) is 0. The second kappa shape index (κ2) is 7.76. The number of rotatable bonds is 4. The van der Waals surface area contributed by atoms with E-state index in [1.54, 1.807) is 11.6 Å². The molecule has 0 aliphatic rings. The molecule has 0 N–H and O–H groups in total. The summed E-state index contributed by atoms with van der Waals surface area (Å²) in [5, 5.41) is 2.31. The quantitative estimate of drug-likeness (QED) is 0.282. The maximum absolute atomic E-state index is 13.7. The summed E-state index contributed by atoms with van der Waals surface area (Å²) < 4.78 is 60.5. The Balaban J connectivity index is 1.81. The van der Waals surface area contributed by atoms with Crippen LogP contribution in [0.2, 0.25) is 0 Å². The monoisotopic (exact) mass is 481 g/mol. The topological polar surface area (TPSA) is 22.1 Å². The van der Waals surface area contributed by atoms with E-state index in [2.05, 4.69) is 20.9 Å². The molecule has 0 radical (unpaired) electrons. The van der Waals surface area contributed by atoms with Gasteiger partial charge in [0.2, 0.25) is 5.88 Å². The maximum Gasteiger partial charge on any atom is 0.419 e. The van der Waals surface area contributed by atoms with E-state index in [0.717, 1.165) is 22.4 Å². The normalized spacial score (nSPS) is 11.8. The molecule has 2 aromatic heterocycles. The molecule has 4 aromatic rings. The highest BCUT2D eigenvalue weighted by Crippen LogP contribution is 2.43. The standard InChI is InChI=1S/C21H12BrF4NOS/c22-16-9-27-20(28-10-12-4-2-1-3-5-12)18-14(11-29-19(16)18)13-6-7-17(23)15(8-13)21(24,25)26/h1-9,11H,10H2. The zero-order valence-electron chi connectivity index (χ0n) is 14.6. The first kappa shape index (κ1) is 19.8. The van der Waals surface area contributed by atoms with Crippen LogP contribution in [-0.4, -0.2) is 4.98 Å². The number of pyridine rings is 1. The molecule has 29 heavy (non-hydrogen) atoms. The molecule has 2 nitrogen and oxygen atoms in total. The molecule has 148 valence electrons. The van der Waals surface area contributed by atoms with Gasteiger partial charge in [0.15, 0.2) is 0 Å². The van der Waals surface area contributed by atoms with Gasteiger partial charge in [-0.1, -0.05) is 36.4 Å². The van der Waals surface area contributed by atoms with Gasteiger partial charge in [-0.3, -0.25) is 0 Å². The highest BCUT2D eigenvalue weighted by Gasteiger charge is 2.34. The summed E-state index contributed by atoms with van der Waals surface area (Å²) in [5.74, 6) is -0.998. The van der Waals surface area contributed by atoms with Crippen molar-refractivity contribution < 1.29 is 22.3 Å². The van der Waals surface area contributed by atoms with Crippen LogP contribution in [0.3, 0.4) is 0 Å². The van der Waals surface area contributed by atoms with Crippen molar-refractivity contribution >= 4 is 37.4 Å². The Hall–Kier alpha value is -2.45. The third-order valence-electron chi connectivity index (χ3n) is 4.32. The van der Waals surface area contributed by atoms with Crippen molar-refractivity contribution in [3.63, 3.8) is 0 Å². The highest BCUT2D eigenvalue weighted by atomic mass is 79.9. The van der Waals surface area contributed by atoms with E-state index in [1.807, 2.05) is 30.3 Å². The fourth-order valence-electron chi connectivity index (χ4n) is 2.94. The molecule has 8 heteroatoms. The molecule has 0 bridgehead atoms. The van der Waals surface area contributed by atoms with Crippen molar-refractivity contribution in [1.82, 2.24) is 4.98 Å². The zero-order valence-corrected chi connectivity index (χ0v) is 17.0. The molecule has 0 amide bonds. The molecule has 0 saturated carbocycles. The maximum atomic E-state index is 13.7. The van der Waals surface area contributed by atoms with Crippen LogP contribution >= 0.6 is 27.3 Å². The number of thiophene rings is 1. The fraction of sp³-hybridized carbons (Fsp3) is 0.0952. The van der Waals surface area contributed by atoms with Gasteiger partial charge in [0.25, 0.3) is 0 Å². The number of ether oxygens (including phenoxy) is 1. The van der Waals surface area contributed by atoms with Gasteiger partial charge in [-0.25, -0.2) is 9.37 Å². The Kier molecular flexibility index (Phi) is 5.31. The van der Waals surface area contributed by atoms with Crippen LogP contribution in [0.25, 0.3) is 21.2 Å². The smallest absolute Gasteiger partial charge is 0.419 e. The average Bonchev–Trinajstić information content (AvgIpc) is 3.14. The van der Waals surface area contributed by atoms with E-state index >= 15 is 0 Å². The Morgan fingerprint density at radius 2 is 1.83 bits per heavy atom. The van der Waals surface area contributed by atoms with Crippen molar-refractivity contribution in [1.29, 1.82) is 0 Å². The molecular weight excluding hydrogens is 470 g/mol. The number of hydrogen-bond acceptors (Lipinski definition) is 3. The second-order valence-corrected chi connectivity index (χ2v) is 7.97. The summed E-state index contributed by atoms with van der Waals surface area (Å²) >= 11 is 4.77. The molecule has 2 aromatic carbocycles. The minimum absolute atomic E-state index is 0.245. The van der Waals surface area contributed by atoms with Crippen molar-refractivity contribution in [2.24, 2.45) is 0 Å². The number of benzene rings is 2.